The SMILES string of the molecule is O=C(CN1C(=O)C[C@@H](c2ccco2)Sc2ccccc21)NCc1ccccc1Cl. The lowest BCUT2D eigenvalue weighted by Crippen LogP contribution is -2.40. The van der Waals surface area contributed by atoms with Crippen molar-refractivity contribution in [2.45, 2.75) is 23.1 Å². The number of para-hydroxylation sites is 1. The highest BCUT2D eigenvalue weighted by atomic mass is 35.5. The summed E-state index contributed by atoms with van der Waals surface area (Å²) in [4.78, 5) is 28.1. The molecule has 2 heterocycles. The van der Waals surface area contributed by atoms with Crippen LogP contribution in [0.4, 0.5) is 5.69 Å². The van der Waals surface area contributed by atoms with E-state index in [9.17, 15) is 9.59 Å². The minimum absolute atomic E-state index is 0.0499. The Morgan fingerprint density at radius 1 is 1.14 bits per heavy atom. The van der Waals surface area contributed by atoms with Crippen molar-refractivity contribution in [2.24, 2.45) is 0 Å². The monoisotopic (exact) mass is 426 g/mol. The van der Waals surface area contributed by atoms with Crippen molar-refractivity contribution >= 4 is 40.9 Å². The van der Waals surface area contributed by atoms with Gasteiger partial charge in [-0.2, -0.15) is 0 Å². The van der Waals surface area contributed by atoms with Crippen molar-refractivity contribution in [1.29, 1.82) is 0 Å². The van der Waals surface area contributed by atoms with E-state index >= 15 is 0 Å². The molecule has 0 bridgehead atoms. The molecule has 0 fully saturated rings. The number of fused-ring (bicyclic) bond motifs is 1. The predicted octanol–water partition coefficient (Wildman–Crippen LogP) is 4.82. The Morgan fingerprint density at radius 2 is 1.93 bits per heavy atom. The number of rotatable bonds is 5. The summed E-state index contributed by atoms with van der Waals surface area (Å²) in [6, 6.07) is 18.7. The zero-order valence-electron chi connectivity index (χ0n) is 15.5. The van der Waals surface area contributed by atoms with E-state index in [-0.39, 0.29) is 30.0 Å². The van der Waals surface area contributed by atoms with Crippen LogP contribution < -0.4 is 10.2 Å². The lowest BCUT2D eigenvalue weighted by molar-refractivity contribution is -0.124. The number of amides is 2. The minimum Gasteiger partial charge on any atom is -0.468 e. The Labute approximate surface area is 178 Å². The third-order valence-electron chi connectivity index (χ3n) is 4.68. The number of carbonyl (C=O) groups excluding carboxylic acids is 2. The number of benzene rings is 2. The predicted molar refractivity (Wildman–Crippen MR) is 114 cm³/mol. The van der Waals surface area contributed by atoms with Gasteiger partial charge in [-0.1, -0.05) is 41.9 Å². The zero-order chi connectivity index (χ0) is 20.2. The quantitative estimate of drug-likeness (QED) is 0.635. The third kappa shape index (κ3) is 4.49. The van der Waals surface area contributed by atoms with E-state index in [4.69, 9.17) is 16.0 Å². The summed E-state index contributed by atoms with van der Waals surface area (Å²) in [6.45, 7) is 0.262. The molecular weight excluding hydrogens is 408 g/mol. The van der Waals surface area contributed by atoms with Gasteiger partial charge in [-0.3, -0.25) is 9.59 Å². The summed E-state index contributed by atoms with van der Waals surface area (Å²) in [7, 11) is 0. The minimum atomic E-state index is -0.241. The smallest absolute Gasteiger partial charge is 0.240 e. The number of thioether (sulfide) groups is 1. The van der Waals surface area contributed by atoms with Gasteiger partial charge in [0.2, 0.25) is 11.8 Å². The van der Waals surface area contributed by atoms with E-state index < -0.39 is 0 Å². The summed E-state index contributed by atoms with van der Waals surface area (Å²) in [5.74, 6) is 0.398. The number of nitrogens with zero attached hydrogens (tertiary/aromatic N) is 1. The van der Waals surface area contributed by atoms with Crippen molar-refractivity contribution in [3.05, 3.63) is 83.3 Å². The van der Waals surface area contributed by atoms with Gasteiger partial charge in [0.15, 0.2) is 0 Å². The molecule has 0 spiro atoms. The Bertz CT molecular complexity index is 1020. The van der Waals surface area contributed by atoms with Crippen LogP contribution in [0, 0.1) is 0 Å². The fourth-order valence-electron chi connectivity index (χ4n) is 3.22. The van der Waals surface area contributed by atoms with Crippen molar-refractivity contribution in [2.75, 3.05) is 11.4 Å². The first kappa shape index (κ1) is 19.6. The number of halogens is 1. The maximum atomic E-state index is 13.0. The molecule has 0 unspecified atom stereocenters. The molecule has 7 heteroatoms. The number of hydrogen-bond donors (Lipinski definition) is 1. The average Bonchev–Trinajstić information content (AvgIpc) is 3.22. The van der Waals surface area contributed by atoms with E-state index in [1.165, 1.54) is 0 Å². The number of nitrogens with one attached hydrogen (secondary N) is 1. The molecule has 148 valence electrons. The summed E-state index contributed by atoms with van der Waals surface area (Å²) < 4.78 is 5.52. The number of anilines is 1. The number of carbonyl (C=O) groups is 2. The van der Waals surface area contributed by atoms with E-state index in [1.807, 2.05) is 54.6 Å². The Morgan fingerprint density at radius 3 is 2.72 bits per heavy atom. The van der Waals surface area contributed by atoms with Gasteiger partial charge >= 0.3 is 0 Å². The first-order chi connectivity index (χ1) is 14.1. The second-order valence-corrected chi connectivity index (χ2v) is 8.29. The van der Waals surface area contributed by atoms with Gasteiger partial charge in [0.1, 0.15) is 12.3 Å². The van der Waals surface area contributed by atoms with Gasteiger partial charge in [-0.25, -0.2) is 0 Å². The molecule has 5 nitrogen and oxygen atoms in total. The third-order valence-corrected chi connectivity index (χ3v) is 6.33. The highest BCUT2D eigenvalue weighted by Crippen LogP contribution is 2.45. The topological polar surface area (TPSA) is 62.6 Å². The number of furan rings is 1. The molecule has 3 aromatic rings. The molecule has 2 amide bonds. The molecule has 1 atom stereocenters. The van der Waals surface area contributed by atoms with Crippen molar-refractivity contribution in [3.63, 3.8) is 0 Å². The molecule has 1 aromatic heterocycles. The van der Waals surface area contributed by atoms with Crippen LogP contribution >= 0.6 is 23.4 Å². The molecule has 1 aliphatic heterocycles. The molecule has 0 aliphatic carbocycles. The van der Waals surface area contributed by atoms with Crippen LogP contribution in [-0.2, 0) is 16.1 Å². The second kappa shape index (κ2) is 8.76. The van der Waals surface area contributed by atoms with E-state index in [0.717, 1.165) is 21.9 Å². The fourth-order valence-corrected chi connectivity index (χ4v) is 4.66. The van der Waals surface area contributed by atoms with E-state index in [1.54, 1.807) is 29.0 Å². The fraction of sp³-hybridized carbons (Fsp3) is 0.182. The van der Waals surface area contributed by atoms with Crippen LogP contribution in [0.1, 0.15) is 23.0 Å². The van der Waals surface area contributed by atoms with Gasteiger partial charge < -0.3 is 14.6 Å². The summed E-state index contributed by atoms with van der Waals surface area (Å²) in [5.41, 5.74) is 1.57. The first-order valence-electron chi connectivity index (χ1n) is 9.21. The summed E-state index contributed by atoms with van der Waals surface area (Å²) in [6.07, 6.45) is 1.86. The highest BCUT2D eigenvalue weighted by Gasteiger charge is 2.31. The molecule has 4 rings (SSSR count). The number of hydrogen-bond acceptors (Lipinski definition) is 4. The molecule has 1 N–H and O–H groups in total. The first-order valence-corrected chi connectivity index (χ1v) is 10.5. The molecule has 0 saturated heterocycles. The van der Waals surface area contributed by atoms with E-state index in [2.05, 4.69) is 5.32 Å². The van der Waals surface area contributed by atoms with Crippen molar-refractivity contribution in [1.82, 2.24) is 5.32 Å². The largest absolute Gasteiger partial charge is 0.468 e. The summed E-state index contributed by atoms with van der Waals surface area (Å²) in [5, 5.41) is 3.32. The molecule has 1 aliphatic rings. The normalized spacial score (nSPS) is 16.2. The standard InChI is InChI=1S/C22H19ClN2O3S/c23-16-7-2-1-6-15(16)13-24-21(26)14-25-17-8-3-4-10-19(17)29-20(12-22(25)27)18-9-5-11-28-18/h1-11,20H,12-14H2,(H,24,26)/t20-/m0/s1. The molecule has 2 aromatic carbocycles. The van der Waals surface area contributed by atoms with Gasteiger partial charge in [-0.15, -0.1) is 11.8 Å². The molecule has 0 radical (unpaired) electrons. The molecule has 0 saturated carbocycles. The van der Waals surface area contributed by atoms with Gasteiger partial charge in [0.25, 0.3) is 0 Å². The van der Waals surface area contributed by atoms with Crippen LogP contribution in [0.25, 0.3) is 0 Å². The lowest BCUT2D eigenvalue weighted by atomic mass is 10.2. The van der Waals surface area contributed by atoms with Gasteiger partial charge in [0, 0.05) is 22.9 Å². The highest BCUT2D eigenvalue weighted by molar-refractivity contribution is 7.99. The van der Waals surface area contributed by atoms with Crippen LogP contribution in [0.5, 0.6) is 0 Å². The van der Waals surface area contributed by atoms with Crippen LogP contribution in [0.15, 0.2) is 76.2 Å². The maximum absolute atomic E-state index is 13.0. The van der Waals surface area contributed by atoms with Gasteiger partial charge in [0.05, 0.1) is 17.2 Å². The summed E-state index contributed by atoms with van der Waals surface area (Å²) >= 11 is 7.73. The molecule has 29 heavy (non-hydrogen) atoms. The van der Waals surface area contributed by atoms with E-state index in [0.29, 0.717) is 11.6 Å². The van der Waals surface area contributed by atoms with Crippen LogP contribution in [0.2, 0.25) is 5.02 Å². The lowest BCUT2D eigenvalue weighted by Gasteiger charge is -2.22. The van der Waals surface area contributed by atoms with Crippen LogP contribution in [0.3, 0.4) is 0 Å². The Balaban J connectivity index is 1.51. The Hall–Kier alpha value is -2.70. The average molecular weight is 427 g/mol. The Kier molecular flexibility index (Phi) is 5.92. The van der Waals surface area contributed by atoms with Crippen LogP contribution in [-0.4, -0.2) is 18.4 Å². The van der Waals surface area contributed by atoms with Crippen molar-refractivity contribution in [3.8, 4) is 0 Å². The zero-order valence-corrected chi connectivity index (χ0v) is 17.1. The maximum Gasteiger partial charge on any atom is 0.240 e. The molecular formula is C22H19ClN2O3S. The van der Waals surface area contributed by atoms with Gasteiger partial charge in [-0.05, 0) is 35.9 Å². The van der Waals surface area contributed by atoms with Crippen molar-refractivity contribution < 1.29 is 14.0 Å². The second-order valence-electron chi connectivity index (χ2n) is 6.64.